The van der Waals surface area contributed by atoms with Crippen LogP contribution in [0.3, 0.4) is 0 Å². The molecular formula is C4H6O3. The first-order valence-electron chi connectivity index (χ1n) is 2.02. The second kappa shape index (κ2) is 0.911. The SMILES string of the molecule is CC1(C)OC(=O)O1. The molecule has 3 heteroatoms. The second-order valence-electron chi connectivity index (χ2n) is 1.85. The molecule has 1 rings (SSSR count). The van der Waals surface area contributed by atoms with E-state index in [0.717, 1.165) is 0 Å². The number of rotatable bonds is 0. The fourth-order valence-corrected chi connectivity index (χ4v) is 0.409. The molecule has 0 aromatic heterocycles. The van der Waals surface area contributed by atoms with Gasteiger partial charge < -0.3 is 9.47 Å². The standard InChI is InChI=1S/C4H6O3/c1-4(2)6-3(5)7-4/h1-2H3. The van der Waals surface area contributed by atoms with Gasteiger partial charge in [-0.2, -0.15) is 0 Å². The number of cyclic esters (lactones) is 2. The van der Waals surface area contributed by atoms with Crippen LogP contribution < -0.4 is 0 Å². The van der Waals surface area contributed by atoms with E-state index in [-0.39, 0.29) is 0 Å². The van der Waals surface area contributed by atoms with Crippen LogP contribution in [-0.2, 0) is 9.47 Å². The third-order valence-electron chi connectivity index (χ3n) is 0.658. The van der Waals surface area contributed by atoms with Gasteiger partial charge in [0.25, 0.3) is 5.79 Å². The Bertz CT molecular complexity index is 95.5. The Morgan fingerprint density at radius 3 is 1.86 bits per heavy atom. The van der Waals surface area contributed by atoms with E-state index >= 15 is 0 Å². The Labute approximate surface area is 41.2 Å². The molecular weight excluding hydrogens is 96.0 g/mol. The Kier molecular flexibility index (Phi) is 0.576. The van der Waals surface area contributed by atoms with Crippen molar-refractivity contribution in [3.05, 3.63) is 0 Å². The van der Waals surface area contributed by atoms with E-state index in [2.05, 4.69) is 9.47 Å². The highest BCUT2D eigenvalue weighted by molar-refractivity contribution is 5.65. The minimum absolute atomic E-state index is 0.579. The number of carbonyl (C=O) groups is 1. The molecule has 40 valence electrons. The lowest BCUT2D eigenvalue weighted by molar-refractivity contribution is -0.248. The predicted molar refractivity (Wildman–Crippen MR) is 21.6 cm³/mol. The Morgan fingerprint density at radius 1 is 1.43 bits per heavy atom. The Morgan fingerprint density at radius 2 is 1.86 bits per heavy atom. The van der Waals surface area contributed by atoms with Crippen molar-refractivity contribution >= 4 is 6.16 Å². The lowest BCUT2D eigenvalue weighted by Crippen LogP contribution is -2.44. The molecule has 1 aliphatic rings. The van der Waals surface area contributed by atoms with Gasteiger partial charge in [-0.25, -0.2) is 4.79 Å². The first-order chi connectivity index (χ1) is 3.10. The number of ether oxygens (including phenoxy) is 2. The summed E-state index contributed by atoms with van der Waals surface area (Å²) in [5.41, 5.74) is 0. The first-order valence-corrected chi connectivity index (χ1v) is 2.02. The van der Waals surface area contributed by atoms with Crippen molar-refractivity contribution in [1.82, 2.24) is 0 Å². The van der Waals surface area contributed by atoms with Crippen LogP contribution in [0.25, 0.3) is 0 Å². The van der Waals surface area contributed by atoms with Gasteiger partial charge in [0, 0.05) is 13.8 Å². The molecule has 0 bridgehead atoms. The average molecular weight is 102 g/mol. The monoisotopic (exact) mass is 102 g/mol. The van der Waals surface area contributed by atoms with E-state index in [9.17, 15) is 4.79 Å². The van der Waals surface area contributed by atoms with Crippen LogP contribution in [0.4, 0.5) is 4.79 Å². The van der Waals surface area contributed by atoms with Crippen molar-refractivity contribution in [3.63, 3.8) is 0 Å². The van der Waals surface area contributed by atoms with Crippen LogP contribution in [-0.4, -0.2) is 11.9 Å². The van der Waals surface area contributed by atoms with E-state index in [1.54, 1.807) is 13.8 Å². The van der Waals surface area contributed by atoms with Crippen molar-refractivity contribution < 1.29 is 14.3 Å². The number of hydrogen-bond donors (Lipinski definition) is 0. The van der Waals surface area contributed by atoms with E-state index in [1.807, 2.05) is 0 Å². The van der Waals surface area contributed by atoms with E-state index < -0.39 is 11.9 Å². The van der Waals surface area contributed by atoms with Crippen molar-refractivity contribution in [2.24, 2.45) is 0 Å². The van der Waals surface area contributed by atoms with Crippen molar-refractivity contribution in [2.45, 2.75) is 19.6 Å². The van der Waals surface area contributed by atoms with Crippen LogP contribution in [0.2, 0.25) is 0 Å². The molecule has 1 heterocycles. The summed E-state index contributed by atoms with van der Waals surface area (Å²) in [5, 5.41) is 0. The molecule has 0 unspecified atom stereocenters. The maximum absolute atomic E-state index is 9.87. The van der Waals surface area contributed by atoms with Gasteiger partial charge >= 0.3 is 6.16 Å². The normalized spacial score (nSPS) is 24.6. The molecule has 1 aliphatic heterocycles. The van der Waals surface area contributed by atoms with Crippen LogP contribution in [0.5, 0.6) is 0 Å². The van der Waals surface area contributed by atoms with E-state index in [4.69, 9.17) is 0 Å². The topological polar surface area (TPSA) is 35.5 Å². The minimum Gasteiger partial charge on any atom is -0.391 e. The molecule has 0 spiro atoms. The largest absolute Gasteiger partial charge is 0.514 e. The smallest absolute Gasteiger partial charge is 0.391 e. The highest BCUT2D eigenvalue weighted by Crippen LogP contribution is 2.22. The van der Waals surface area contributed by atoms with Gasteiger partial charge in [0.15, 0.2) is 0 Å². The van der Waals surface area contributed by atoms with Crippen LogP contribution >= 0.6 is 0 Å². The minimum atomic E-state index is -0.656. The zero-order chi connectivity index (χ0) is 5.49. The predicted octanol–water partition coefficient (Wildman–Crippen LogP) is 0.889. The average Bonchev–Trinajstić information content (AvgIpc) is 1.27. The van der Waals surface area contributed by atoms with Gasteiger partial charge in [-0.1, -0.05) is 0 Å². The molecule has 0 amide bonds. The summed E-state index contributed by atoms with van der Waals surface area (Å²) in [5.74, 6) is -0.656. The Balaban J connectivity index is 2.43. The second-order valence-corrected chi connectivity index (χ2v) is 1.85. The summed E-state index contributed by atoms with van der Waals surface area (Å²) in [6, 6.07) is 0. The zero-order valence-electron chi connectivity index (χ0n) is 4.22. The fraction of sp³-hybridized carbons (Fsp3) is 0.750. The molecule has 0 N–H and O–H groups in total. The van der Waals surface area contributed by atoms with Gasteiger partial charge in [-0.05, 0) is 0 Å². The summed E-state index contributed by atoms with van der Waals surface area (Å²) < 4.78 is 8.93. The molecule has 0 aromatic rings. The molecule has 1 fully saturated rings. The van der Waals surface area contributed by atoms with Gasteiger partial charge in [0.2, 0.25) is 0 Å². The van der Waals surface area contributed by atoms with E-state index in [0.29, 0.717) is 0 Å². The van der Waals surface area contributed by atoms with Crippen molar-refractivity contribution in [2.75, 3.05) is 0 Å². The summed E-state index contributed by atoms with van der Waals surface area (Å²) in [4.78, 5) is 9.87. The molecule has 0 aromatic carbocycles. The van der Waals surface area contributed by atoms with Crippen molar-refractivity contribution in [1.29, 1.82) is 0 Å². The first kappa shape index (κ1) is 4.43. The van der Waals surface area contributed by atoms with Gasteiger partial charge in [-0.3, -0.25) is 0 Å². The van der Waals surface area contributed by atoms with E-state index in [1.165, 1.54) is 0 Å². The molecule has 7 heavy (non-hydrogen) atoms. The summed E-state index contributed by atoms with van der Waals surface area (Å²) in [7, 11) is 0. The maximum atomic E-state index is 9.87. The molecule has 1 saturated heterocycles. The van der Waals surface area contributed by atoms with Gasteiger partial charge in [0.05, 0.1) is 0 Å². The fourth-order valence-electron chi connectivity index (χ4n) is 0.409. The molecule has 0 radical (unpaired) electrons. The summed E-state index contributed by atoms with van der Waals surface area (Å²) in [6.45, 7) is 3.35. The third-order valence-corrected chi connectivity index (χ3v) is 0.658. The van der Waals surface area contributed by atoms with Gasteiger partial charge in [0.1, 0.15) is 0 Å². The summed E-state index contributed by atoms with van der Waals surface area (Å²) in [6.07, 6.45) is -0.579. The Hall–Kier alpha value is -0.730. The molecule has 0 atom stereocenters. The van der Waals surface area contributed by atoms with Crippen LogP contribution in [0, 0.1) is 0 Å². The third kappa shape index (κ3) is 0.656. The summed E-state index contributed by atoms with van der Waals surface area (Å²) >= 11 is 0. The maximum Gasteiger partial charge on any atom is 0.514 e. The number of hydrogen-bond acceptors (Lipinski definition) is 3. The number of carbonyl (C=O) groups excluding carboxylic acids is 1. The zero-order valence-corrected chi connectivity index (χ0v) is 4.22. The van der Waals surface area contributed by atoms with Gasteiger partial charge in [-0.15, -0.1) is 0 Å². The van der Waals surface area contributed by atoms with Crippen molar-refractivity contribution in [3.8, 4) is 0 Å². The lowest BCUT2D eigenvalue weighted by atomic mass is 10.4. The van der Waals surface area contributed by atoms with Crippen LogP contribution in [0.15, 0.2) is 0 Å². The molecule has 3 nitrogen and oxygen atoms in total. The lowest BCUT2D eigenvalue weighted by Gasteiger charge is -2.32. The highest BCUT2D eigenvalue weighted by atomic mass is 16.9. The van der Waals surface area contributed by atoms with Crippen LogP contribution in [0.1, 0.15) is 13.8 Å². The highest BCUT2D eigenvalue weighted by Gasteiger charge is 2.38. The quantitative estimate of drug-likeness (QED) is 0.426. The molecule has 0 aliphatic carbocycles. The molecule has 0 saturated carbocycles.